The Morgan fingerprint density at radius 2 is 1.71 bits per heavy atom. The number of rotatable bonds is 6. The molecule has 6 rings (SSSR count). The Bertz CT molecular complexity index is 1510. The predicted molar refractivity (Wildman–Crippen MR) is 147 cm³/mol. The molecule has 2 heterocycles. The van der Waals surface area contributed by atoms with Crippen LogP contribution in [0.1, 0.15) is 25.1 Å². The molecule has 0 spiro atoms. The average molecular weight is 680 g/mol. The summed E-state index contributed by atoms with van der Waals surface area (Å²) in [5.74, 6) is 2.07. The van der Waals surface area contributed by atoms with Gasteiger partial charge in [0.05, 0.1) is 11.9 Å². The van der Waals surface area contributed by atoms with E-state index in [1.165, 1.54) is 0 Å². The molecule has 1 aliphatic heterocycles. The van der Waals surface area contributed by atoms with Gasteiger partial charge in [-0.3, -0.25) is 4.68 Å². The molecule has 1 atom stereocenters. The number of anilines is 2. The van der Waals surface area contributed by atoms with Crippen molar-refractivity contribution >= 4 is 17.2 Å². The van der Waals surface area contributed by atoms with Gasteiger partial charge in [0.25, 0.3) is 0 Å². The molecule has 7 heteroatoms. The molecular weight excluding hydrogens is 653 g/mol. The van der Waals surface area contributed by atoms with Crippen molar-refractivity contribution < 1.29 is 25.8 Å². The van der Waals surface area contributed by atoms with Gasteiger partial charge in [-0.25, -0.2) is 5.10 Å². The quantitative estimate of drug-likeness (QED) is 0.205. The van der Waals surface area contributed by atoms with Crippen LogP contribution in [0, 0.1) is 25.7 Å². The monoisotopic (exact) mass is 679 g/mol. The molecule has 6 nitrogen and oxygen atoms in total. The first kappa shape index (κ1) is 25.7. The Morgan fingerprint density at radius 1 is 0.921 bits per heavy atom. The Kier molecular flexibility index (Phi) is 7.61. The topological polar surface area (TPSA) is 45.9 Å². The fraction of sp³-hybridized carbons (Fsp3) is 0.129. The first-order valence-corrected chi connectivity index (χ1v) is 12.3. The van der Waals surface area contributed by atoms with E-state index in [2.05, 4.69) is 71.3 Å². The Morgan fingerprint density at radius 3 is 2.50 bits per heavy atom. The molecule has 0 bridgehead atoms. The van der Waals surface area contributed by atoms with Crippen LogP contribution in [0.15, 0.2) is 102 Å². The number of amidine groups is 1. The average Bonchev–Trinajstić information content (AvgIpc) is 3.53. The van der Waals surface area contributed by atoms with Gasteiger partial charge in [-0.15, -0.1) is 48.6 Å². The number of hydrazone groups is 1. The van der Waals surface area contributed by atoms with Crippen molar-refractivity contribution in [1.82, 2.24) is 9.78 Å². The van der Waals surface area contributed by atoms with E-state index in [-0.39, 0.29) is 27.1 Å². The van der Waals surface area contributed by atoms with Crippen LogP contribution in [0.25, 0.3) is 11.3 Å². The summed E-state index contributed by atoms with van der Waals surface area (Å²) in [6.45, 7) is 6.01. The number of benzene rings is 3. The maximum atomic E-state index is 6.16. The second kappa shape index (κ2) is 11.2. The van der Waals surface area contributed by atoms with E-state index in [0.717, 1.165) is 40.6 Å². The van der Waals surface area contributed by atoms with Gasteiger partial charge in [0, 0.05) is 49.6 Å². The maximum Gasteiger partial charge on any atom is 0.0952 e. The van der Waals surface area contributed by atoms with E-state index in [0.29, 0.717) is 11.5 Å². The standard InChI is InChI=1S/C31H26N5O.Pt/c1-23-19-31(33-36(23)27-14-7-4-8-15-27)25-11-9-17-29(20-25)37-30-18-10-16-28(21-30)35-22-34(24(2)32-35)26-12-5-3-6-13-26;/h3-14,16-19,22,27H,15H2,1-2H3;/q-3;/t27-;/m1./s1. The smallest absolute Gasteiger partial charge is 0.0952 e. The van der Waals surface area contributed by atoms with E-state index in [9.17, 15) is 0 Å². The zero-order chi connectivity index (χ0) is 25.2. The number of hydrogen-bond donors (Lipinski definition) is 0. The number of allylic oxidation sites excluding steroid dienone is 4. The first-order chi connectivity index (χ1) is 18.1. The summed E-state index contributed by atoms with van der Waals surface area (Å²) >= 11 is 0. The summed E-state index contributed by atoms with van der Waals surface area (Å²) in [6.07, 6.45) is 9.44. The van der Waals surface area contributed by atoms with Crippen LogP contribution in [0.5, 0.6) is 11.5 Å². The van der Waals surface area contributed by atoms with Crippen LogP contribution in [-0.4, -0.2) is 15.6 Å². The molecule has 0 radical (unpaired) electrons. The number of hydrogen-bond acceptors (Lipinski definition) is 5. The second-order valence-electron chi connectivity index (χ2n) is 8.98. The van der Waals surface area contributed by atoms with Gasteiger partial charge in [0.15, 0.2) is 0 Å². The number of ether oxygens (including phenoxy) is 1. The van der Waals surface area contributed by atoms with E-state index < -0.39 is 0 Å². The molecule has 38 heavy (non-hydrogen) atoms. The van der Waals surface area contributed by atoms with Crippen molar-refractivity contribution in [3.05, 3.63) is 122 Å². The number of para-hydroxylation sites is 1. The minimum absolute atomic E-state index is 0. The zero-order valence-electron chi connectivity index (χ0n) is 21.1. The molecule has 1 aromatic heterocycles. The van der Waals surface area contributed by atoms with E-state index in [1.54, 1.807) is 5.01 Å². The third kappa shape index (κ3) is 5.36. The molecule has 0 amide bonds. The Labute approximate surface area is 237 Å². The fourth-order valence-electron chi connectivity index (χ4n) is 4.49. The van der Waals surface area contributed by atoms with Crippen molar-refractivity contribution in [2.45, 2.75) is 26.3 Å². The molecule has 3 aromatic carbocycles. The van der Waals surface area contributed by atoms with Gasteiger partial charge in [-0.2, -0.15) is 11.2 Å². The minimum atomic E-state index is 0. The molecule has 1 aliphatic carbocycles. The van der Waals surface area contributed by atoms with Gasteiger partial charge >= 0.3 is 0 Å². The Hall–Kier alpha value is -3.89. The minimum Gasteiger partial charge on any atom is -0.503 e. The molecule has 194 valence electrons. The van der Waals surface area contributed by atoms with Crippen molar-refractivity contribution in [3.63, 3.8) is 0 Å². The van der Waals surface area contributed by atoms with Crippen LogP contribution < -0.4 is 14.6 Å². The molecular formula is C31H26N5OPt-3. The summed E-state index contributed by atoms with van der Waals surface area (Å²) in [5, 5.41) is 11.3. The van der Waals surface area contributed by atoms with Crippen LogP contribution in [0.3, 0.4) is 0 Å². The van der Waals surface area contributed by atoms with Gasteiger partial charge in [0.1, 0.15) is 0 Å². The Balaban J connectivity index is 0.00000294. The van der Waals surface area contributed by atoms with E-state index in [1.807, 2.05) is 73.1 Å². The molecule has 4 aromatic rings. The molecule has 2 aliphatic rings. The van der Waals surface area contributed by atoms with Crippen LogP contribution >= 0.6 is 0 Å². The number of aromatic nitrogens is 2. The van der Waals surface area contributed by atoms with Gasteiger partial charge in [0.2, 0.25) is 0 Å². The van der Waals surface area contributed by atoms with Crippen molar-refractivity contribution in [2.75, 3.05) is 9.91 Å². The molecule has 0 unspecified atom stereocenters. The van der Waals surface area contributed by atoms with Crippen LogP contribution in [0.2, 0.25) is 0 Å². The van der Waals surface area contributed by atoms with Gasteiger partial charge < -0.3 is 14.6 Å². The van der Waals surface area contributed by atoms with Crippen molar-refractivity contribution in [1.29, 1.82) is 0 Å². The summed E-state index contributed by atoms with van der Waals surface area (Å²) in [7, 11) is 0. The largest absolute Gasteiger partial charge is 0.503 e. The molecule has 0 N–H and O–H groups in total. The summed E-state index contributed by atoms with van der Waals surface area (Å²) in [6, 6.07) is 30.8. The normalized spacial score (nSPS) is 16.4. The maximum absolute atomic E-state index is 6.16. The van der Waals surface area contributed by atoms with Gasteiger partial charge in [-0.1, -0.05) is 60.3 Å². The summed E-state index contributed by atoms with van der Waals surface area (Å²) < 4.78 is 8.23. The van der Waals surface area contributed by atoms with E-state index in [4.69, 9.17) is 9.84 Å². The first-order valence-electron chi connectivity index (χ1n) is 12.3. The van der Waals surface area contributed by atoms with E-state index >= 15 is 0 Å². The van der Waals surface area contributed by atoms with Crippen LogP contribution in [-0.2, 0) is 21.1 Å². The van der Waals surface area contributed by atoms with Crippen LogP contribution in [0.4, 0.5) is 11.4 Å². The van der Waals surface area contributed by atoms with Crippen molar-refractivity contribution in [2.24, 2.45) is 5.10 Å². The second-order valence-corrected chi connectivity index (χ2v) is 8.98. The SMILES string of the molecule is CC1=NN(c2[c-]c(Oc3[c-]c(-c4cc(C)n([C@@H]5C=CC=CC5)n4)ccc3)ccc2)[CH-]N1c1ccccc1.[Pt]. The fourth-order valence-corrected chi connectivity index (χ4v) is 4.49. The number of nitrogens with zero attached hydrogens (tertiary/aromatic N) is 5. The third-order valence-electron chi connectivity index (χ3n) is 6.32. The summed E-state index contributed by atoms with van der Waals surface area (Å²) in [4.78, 5) is 2.04. The van der Waals surface area contributed by atoms with Gasteiger partial charge in [-0.05, 0) is 32.4 Å². The number of aryl methyl sites for hydroxylation is 1. The third-order valence-corrected chi connectivity index (χ3v) is 6.32. The molecule has 0 fully saturated rings. The predicted octanol–water partition coefficient (Wildman–Crippen LogP) is 7.09. The summed E-state index contributed by atoms with van der Waals surface area (Å²) in [5.41, 5.74) is 4.72. The zero-order valence-corrected chi connectivity index (χ0v) is 23.3. The molecule has 0 saturated carbocycles. The molecule has 0 saturated heterocycles. The van der Waals surface area contributed by atoms with Crippen molar-refractivity contribution in [3.8, 4) is 22.8 Å².